The van der Waals surface area contributed by atoms with E-state index in [2.05, 4.69) is 47.4 Å². The fourth-order valence-electron chi connectivity index (χ4n) is 3.97. The summed E-state index contributed by atoms with van der Waals surface area (Å²) in [6, 6.07) is 23.3. The van der Waals surface area contributed by atoms with Gasteiger partial charge in [0.05, 0.1) is 17.3 Å². The average molecular weight is 670 g/mol. The molecule has 5 rings (SSSR count). The molecule has 194 valence electrons. The number of fused-ring (bicyclic) bond motifs is 1. The van der Waals surface area contributed by atoms with Crippen LogP contribution in [0, 0.1) is 5.82 Å². The zero-order chi connectivity index (χ0) is 27.5. The molecule has 0 aliphatic heterocycles. The van der Waals surface area contributed by atoms with E-state index in [0.29, 0.717) is 37.1 Å². The lowest BCUT2D eigenvalue weighted by Gasteiger charge is -2.09. The summed E-state index contributed by atoms with van der Waals surface area (Å²) < 4.78 is 21.7. The van der Waals surface area contributed by atoms with E-state index in [1.165, 1.54) is 12.3 Å². The van der Waals surface area contributed by atoms with E-state index in [9.17, 15) is 14.0 Å². The van der Waals surface area contributed by atoms with Crippen LogP contribution in [0.4, 0.5) is 4.39 Å². The van der Waals surface area contributed by atoms with Crippen molar-refractivity contribution >= 4 is 72.5 Å². The molecule has 1 aromatic heterocycles. The number of benzene rings is 4. The Morgan fingerprint density at radius 1 is 0.949 bits per heavy atom. The van der Waals surface area contributed by atoms with E-state index >= 15 is 0 Å². The van der Waals surface area contributed by atoms with Crippen molar-refractivity contribution in [2.45, 2.75) is 0 Å². The first-order valence-corrected chi connectivity index (χ1v) is 13.4. The molecule has 0 bridgehead atoms. The number of aromatic nitrogens is 1. The molecule has 1 amide bonds. The number of hydrogen-bond acceptors (Lipinski definition) is 4. The van der Waals surface area contributed by atoms with Crippen LogP contribution in [0.3, 0.4) is 0 Å². The van der Waals surface area contributed by atoms with Gasteiger partial charge in [-0.05, 0) is 54.6 Å². The third-order valence-corrected chi connectivity index (χ3v) is 7.13. The molecule has 0 saturated heterocycles. The minimum absolute atomic E-state index is 0.0940. The number of nitrogens with zero attached hydrogens (tertiary/aromatic N) is 1. The van der Waals surface area contributed by atoms with Crippen LogP contribution in [0.25, 0.3) is 22.0 Å². The van der Waals surface area contributed by atoms with Gasteiger partial charge < -0.3 is 9.72 Å². The average Bonchev–Trinajstić information content (AvgIpc) is 3.31. The van der Waals surface area contributed by atoms with Crippen molar-refractivity contribution in [2.75, 3.05) is 0 Å². The number of hydrazone groups is 1. The van der Waals surface area contributed by atoms with Gasteiger partial charge in [-0.15, -0.1) is 0 Å². The number of halogens is 4. The molecule has 2 N–H and O–H groups in total. The highest BCUT2D eigenvalue weighted by atomic mass is 79.9. The van der Waals surface area contributed by atoms with Gasteiger partial charge in [-0.2, -0.15) is 5.10 Å². The number of H-pyrrole nitrogens is 1. The predicted molar refractivity (Wildman–Crippen MR) is 157 cm³/mol. The number of rotatable bonds is 6. The summed E-state index contributed by atoms with van der Waals surface area (Å²) >= 11 is 13.2. The third kappa shape index (κ3) is 5.80. The Kier molecular flexibility index (Phi) is 7.92. The molecule has 0 aliphatic rings. The second kappa shape index (κ2) is 11.5. The fourth-order valence-corrected chi connectivity index (χ4v) is 4.84. The minimum Gasteiger partial charge on any atom is -0.422 e. The molecule has 1 heterocycles. The summed E-state index contributed by atoms with van der Waals surface area (Å²) in [5, 5.41) is 4.99. The van der Waals surface area contributed by atoms with E-state index < -0.39 is 17.7 Å². The summed E-state index contributed by atoms with van der Waals surface area (Å²) in [5.41, 5.74) is 4.57. The Balaban J connectivity index is 1.43. The van der Waals surface area contributed by atoms with Crippen LogP contribution in [-0.2, 0) is 0 Å². The first kappa shape index (κ1) is 26.8. The lowest BCUT2D eigenvalue weighted by molar-refractivity contribution is 0.0734. The molecule has 0 aliphatic carbocycles. The highest BCUT2D eigenvalue weighted by molar-refractivity contribution is 9.10. The zero-order valence-corrected chi connectivity index (χ0v) is 23.8. The summed E-state index contributed by atoms with van der Waals surface area (Å²) in [4.78, 5) is 28.8. The molecule has 10 heteroatoms. The van der Waals surface area contributed by atoms with Crippen molar-refractivity contribution in [2.24, 2.45) is 5.10 Å². The van der Waals surface area contributed by atoms with Crippen LogP contribution in [0.2, 0.25) is 5.02 Å². The molecule has 0 atom stereocenters. The van der Waals surface area contributed by atoms with Gasteiger partial charge in [0.1, 0.15) is 17.3 Å². The maximum Gasteiger partial charge on any atom is 0.343 e. The topological polar surface area (TPSA) is 83.5 Å². The standard InChI is InChI=1S/C29H17Br2ClFN3O3/c30-18-10-8-16(9-11-18)29(38)39-24-13-12-19(31)14-17(24)15-34-36-28(37)27-25(20-4-1-2-6-22(20)32)21-5-3-7-23(33)26(21)35-27/h1-15,35H,(H,36,37). The molecule has 0 saturated carbocycles. The SMILES string of the molecule is O=C(Oc1ccc(Br)cc1C=NNC(=O)c1[nH]c2c(F)cccc2c1-c1ccccc1Cl)c1ccc(Br)cc1. The highest BCUT2D eigenvalue weighted by Gasteiger charge is 2.22. The summed E-state index contributed by atoms with van der Waals surface area (Å²) in [7, 11) is 0. The number of aromatic amines is 1. The molecule has 0 fully saturated rings. The monoisotopic (exact) mass is 667 g/mol. The second-order valence-corrected chi connectivity index (χ2v) is 10.5. The lowest BCUT2D eigenvalue weighted by Crippen LogP contribution is -2.19. The maximum absolute atomic E-state index is 14.6. The number of para-hydroxylation sites is 1. The largest absolute Gasteiger partial charge is 0.422 e. The normalized spacial score (nSPS) is 11.2. The highest BCUT2D eigenvalue weighted by Crippen LogP contribution is 2.37. The van der Waals surface area contributed by atoms with Gasteiger partial charge >= 0.3 is 5.97 Å². The van der Waals surface area contributed by atoms with E-state index in [-0.39, 0.29) is 17.0 Å². The van der Waals surface area contributed by atoms with Crippen molar-refractivity contribution in [1.29, 1.82) is 0 Å². The summed E-state index contributed by atoms with van der Waals surface area (Å²) in [5.74, 6) is -1.42. The number of carbonyl (C=O) groups is 2. The van der Waals surface area contributed by atoms with Crippen LogP contribution < -0.4 is 10.2 Å². The molecule has 39 heavy (non-hydrogen) atoms. The van der Waals surface area contributed by atoms with Crippen LogP contribution in [0.15, 0.2) is 99.0 Å². The van der Waals surface area contributed by atoms with Gasteiger partial charge in [0.25, 0.3) is 5.91 Å². The van der Waals surface area contributed by atoms with Gasteiger partial charge in [0.2, 0.25) is 0 Å². The van der Waals surface area contributed by atoms with E-state index in [1.54, 1.807) is 78.9 Å². The number of carbonyl (C=O) groups excluding carboxylic acids is 2. The maximum atomic E-state index is 14.6. The molecule has 6 nitrogen and oxygen atoms in total. The van der Waals surface area contributed by atoms with Gasteiger partial charge in [0, 0.05) is 36.0 Å². The Labute approximate surface area is 244 Å². The Bertz CT molecular complexity index is 1750. The Hall–Kier alpha value is -3.79. The number of ether oxygens (including phenoxy) is 1. The Morgan fingerprint density at radius 3 is 2.46 bits per heavy atom. The molecule has 5 aromatic rings. The molecule has 4 aromatic carbocycles. The number of amides is 1. The molecule has 0 radical (unpaired) electrons. The van der Waals surface area contributed by atoms with E-state index in [0.717, 1.165) is 4.47 Å². The van der Waals surface area contributed by atoms with E-state index in [1.807, 2.05) is 0 Å². The van der Waals surface area contributed by atoms with Crippen molar-refractivity contribution in [1.82, 2.24) is 10.4 Å². The Morgan fingerprint density at radius 2 is 1.69 bits per heavy atom. The quantitative estimate of drug-likeness (QED) is 0.0829. The summed E-state index contributed by atoms with van der Waals surface area (Å²) in [6.45, 7) is 0. The zero-order valence-electron chi connectivity index (χ0n) is 19.8. The van der Waals surface area contributed by atoms with Crippen LogP contribution in [0.1, 0.15) is 26.4 Å². The number of hydrogen-bond donors (Lipinski definition) is 2. The van der Waals surface area contributed by atoms with Crippen molar-refractivity contribution in [3.63, 3.8) is 0 Å². The van der Waals surface area contributed by atoms with Gasteiger partial charge in [-0.1, -0.05) is 73.8 Å². The van der Waals surface area contributed by atoms with Crippen molar-refractivity contribution in [3.8, 4) is 16.9 Å². The lowest BCUT2D eigenvalue weighted by atomic mass is 10.0. The van der Waals surface area contributed by atoms with Gasteiger partial charge in [-0.25, -0.2) is 14.6 Å². The van der Waals surface area contributed by atoms with Crippen LogP contribution in [-0.4, -0.2) is 23.1 Å². The van der Waals surface area contributed by atoms with Crippen molar-refractivity contribution in [3.05, 3.63) is 122 Å². The first-order valence-electron chi connectivity index (χ1n) is 11.5. The van der Waals surface area contributed by atoms with Crippen LogP contribution in [0.5, 0.6) is 5.75 Å². The van der Waals surface area contributed by atoms with Gasteiger partial charge in [-0.3, -0.25) is 4.79 Å². The number of esters is 1. The smallest absolute Gasteiger partial charge is 0.343 e. The van der Waals surface area contributed by atoms with Crippen molar-refractivity contribution < 1.29 is 18.7 Å². The molecule has 0 spiro atoms. The summed E-state index contributed by atoms with van der Waals surface area (Å²) in [6.07, 6.45) is 1.35. The van der Waals surface area contributed by atoms with Gasteiger partial charge in [0.15, 0.2) is 0 Å². The molecular formula is C29H17Br2ClFN3O3. The minimum atomic E-state index is -0.611. The van der Waals surface area contributed by atoms with E-state index in [4.69, 9.17) is 16.3 Å². The first-order chi connectivity index (χ1) is 18.8. The second-order valence-electron chi connectivity index (χ2n) is 8.29. The number of nitrogens with one attached hydrogen (secondary N) is 2. The third-order valence-electron chi connectivity index (χ3n) is 5.78. The molecule has 0 unspecified atom stereocenters. The van der Waals surface area contributed by atoms with Crippen LogP contribution >= 0.6 is 43.5 Å². The predicted octanol–water partition coefficient (Wildman–Crippen LogP) is 8.14. The fraction of sp³-hybridized carbons (Fsp3) is 0. The molecular weight excluding hydrogens is 653 g/mol.